The summed E-state index contributed by atoms with van der Waals surface area (Å²) in [5, 5.41) is 9.49. The highest BCUT2D eigenvalue weighted by Gasteiger charge is 2.54. The molecule has 1 unspecified atom stereocenters. The van der Waals surface area contributed by atoms with E-state index < -0.39 is 10.0 Å². The van der Waals surface area contributed by atoms with Gasteiger partial charge in [-0.15, -0.1) is 0 Å². The van der Waals surface area contributed by atoms with Crippen molar-refractivity contribution in [2.75, 3.05) is 13.2 Å². The van der Waals surface area contributed by atoms with E-state index in [1.807, 2.05) is 37.3 Å². The molecule has 0 amide bonds. The zero-order valence-electron chi connectivity index (χ0n) is 14.2. The number of aryl methyl sites for hydroxylation is 1. The maximum atomic E-state index is 12.7. The van der Waals surface area contributed by atoms with Crippen LogP contribution < -0.4 is 0 Å². The van der Waals surface area contributed by atoms with Crippen LogP contribution in [0.25, 0.3) is 0 Å². The lowest BCUT2D eigenvalue weighted by atomic mass is 10.2. The van der Waals surface area contributed by atoms with Gasteiger partial charge in [0.25, 0.3) is 0 Å². The van der Waals surface area contributed by atoms with Crippen LogP contribution in [0.15, 0.2) is 59.5 Å². The molecule has 0 radical (unpaired) electrons. The van der Waals surface area contributed by atoms with E-state index in [1.54, 1.807) is 24.3 Å². The molecule has 1 heterocycles. The predicted octanol–water partition coefficient (Wildman–Crippen LogP) is 2.34. The number of ether oxygens (including phenoxy) is 1. The Balaban J connectivity index is 1.56. The molecule has 0 aromatic heterocycles. The molecule has 0 saturated carbocycles. The van der Waals surface area contributed by atoms with Crippen LogP contribution in [0.3, 0.4) is 0 Å². The minimum atomic E-state index is -3.56. The first-order valence-electron chi connectivity index (χ1n) is 8.37. The average Bonchev–Trinajstić information content (AvgIpc) is 3.34. The van der Waals surface area contributed by atoms with Crippen molar-refractivity contribution >= 4 is 10.0 Å². The summed E-state index contributed by atoms with van der Waals surface area (Å²) in [4.78, 5) is 0.268. The van der Waals surface area contributed by atoms with Crippen molar-refractivity contribution in [1.82, 2.24) is 4.31 Å². The van der Waals surface area contributed by atoms with E-state index in [0.717, 1.165) is 11.1 Å². The van der Waals surface area contributed by atoms with Crippen LogP contribution in [0, 0.1) is 6.92 Å². The van der Waals surface area contributed by atoms with Crippen LogP contribution in [0.1, 0.15) is 17.5 Å². The molecule has 1 saturated heterocycles. The van der Waals surface area contributed by atoms with Gasteiger partial charge in [0.05, 0.1) is 24.2 Å². The third kappa shape index (κ3) is 4.10. The van der Waals surface area contributed by atoms with Crippen molar-refractivity contribution in [3.05, 3.63) is 65.7 Å². The molecule has 1 aliphatic rings. The van der Waals surface area contributed by atoms with Crippen LogP contribution in [-0.4, -0.2) is 43.1 Å². The van der Waals surface area contributed by atoms with Gasteiger partial charge in [-0.3, -0.25) is 0 Å². The molecule has 2 aromatic rings. The highest BCUT2D eigenvalue weighted by molar-refractivity contribution is 7.89. The van der Waals surface area contributed by atoms with Crippen molar-refractivity contribution in [3.8, 4) is 0 Å². The number of sulfonamides is 1. The summed E-state index contributed by atoms with van der Waals surface area (Å²) in [6.07, 6.45) is 0.573. The molecule has 1 aliphatic heterocycles. The van der Waals surface area contributed by atoms with E-state index in [0.29, 0.717) is 19.6 Å². The van der Waals surface area contributed by atoms with Crippen LogP contribution in [-0.2, 0) is 21.4 Å². The summed E-state index contributed by atoms with van der Waals surface area (Å²) in [5.41, 5.74) is 2.09. The zero-order valence-corrected chi connectivity index (χ0v) is 15.0. The molecule has 2 aromatic carbocycles. The minimum absolute atomic E-state index is 0.172. The van der Waals surface area contributed by atoms with E-state index in [9.17, 15) is 13.5 Å². The smallest absolute Gasteiger partial charge is 0.243 e. The Bertz CT molecular complexity index is 790. The highest BCUT2D eigenvalue weighted by Crippen LogP contribution is 2.37. The molecular weight excluding hydrogens is 338 g/mol. The monoisotopic (exact) mass is 361 g/mol. The molecular formula is C19H23NO4S. The number of rotatable bonds is 8. The van der Waals surface area contributed by atoms with Crippen LogP contribution in [0.2, 0.25) is 0 Å². The SMILES string of the molecule is Cc1ccc(S(=O)(=O)N2[C@H](CO)[C@H]2CCOCc2ccccc2)cc1. The van der Waals surface area contributed by atoms with Gasteiger partial charge in [-0.25, -0.2) is 8.42 Å². The predicted molar refractivity (Wildman–Crippen MR) is 95.6 cm³/mol. The van der Waals surface area contributed by atoms with Crippen molar-refractivity contribution in [1.29, 1.82) is 0 Å². The largest absolute Gasteiger partial charge is 0.395 e. The summed E-state index contributed by atoms with van der Waals surface area (Å²) in [7, 11) is -3.56. The lowest BCUT2D eigenvalue weighted by Gasteiger charge is -2.07. The van der Waals surface area contributed by atoms with Crippen molar-refractivity contribution in [2.24, 2.45) is 0 Å². The molecule has 3 rings (SSSR count). The fourth-order valence-electron chi connectivity index (χ4n) is 2.99. The quantitative estimate of drug-likeness (QED) is 0.579. The molecule has 134 valence electrons. The van der Waals surface area contributed by atoms with Gasteiger partial charge in [0, 0.05) is 12.6 Å². The van der Waals surface area contributed by atoms with Gasteiger partial charge < -0.3 is 9.84 Å². The Labute approximate surface area is 148 Å². The van der Waals surface area contributed by atoms with Gasteiger partial charge >= 0.3 is 0 Å². The third-order valence-electron chi connectivity index (χ3n) is 4.46. The summed E-state index contributed by atoms with van der Waals surface area (Å²) >= 11 is 0. The molecule has 5 nitrogen and oxygen atoms in total. The number of aliphatic hydroxyl groups excluding tert-OH is 1. The van der Waals surface area contributed by atoms with Crippen LogP contribution in [0.4, 0.5) is 0 Å². The summed E-state index contributed by atoms with van der Waals surface area (Å²) in [6, 6.07) is 16.1. The van der Waals surface area contributed by atoms with E-state index in [-0.39, 0.29) is 23.6 Å². The number of aliphatic hydroxyl groups is 1. The second-order valence-electron chi connectivity index (χ2n) is 6.29. The lowest BCUT2D eigenvalue weighted by molar-refractivity contribution is 0.117. The van der Waals surface area contributed by atoms with Crippen molar-refractivity contribution in [2.45, 2.75) is 36.9 Å². The van der Waals surface area contributed by atoms with Gasteiger partial charge in [-0.2, -0.15) is 4.31 Å². The van der Waals surface area contributed by atoms with Crippen LogP contribution in [0.5, 0.6) is 0 Å². The standard InChI is InChI=1S/C19H23NO4S/c1-15-7-9-17(10-8-15)25(22,23)20-18(19(20)13-21)11-12-24-14-16-5-3-2-4-6-16/h2-10,18-19,21H,11-14H2,1H3/t18-,19-,20?/m1/s1. The maximum Gasteiger partial charge on any atom is 0.243 e. The summed E-state index contributed by atoms with van der Waals surface area (Å²) in [5.74, 6) is 0. The number of hydrogen-bond donors (Lipinski definition) is 1. The van der Waals surface area contributed by atoms with Gasteiger partial charge in [0.1, 0.15) is 0 Å². The number of benzene rings is 2. The molecule has 0 aliphatic carbocycles. The van der Waals surface area contributed by atoms with Crippen molar-refractivity contribution in [3.63, 3.8) is 0 Å². The highest BCUT2D eigenvalue weighted by atomic mass is 32.2. The average molecular weight is 361 g/mol. The van der Waals surface area contributed by atoms with Gasteiger partial charge in [0.2, 0.25) is 10.0 Å². The van der Waals surface area contributed by atoms with Gasteiger partial charge in [-0.05, 0) is 31.0 Å². The third-order valence-corrected chi connectivity index (χ3v) is 6.43. The first-order valence-corrected chi connectivity index (χ1v) is 9.81. The molecule has 0 spiro atoms. The van der Waals surface area contributed by atoms with E-state index in [1.165, 1.54) is 4.31 Å². The van der Waals surface area contributed by atoms with Crippen molar-refractivity contribution < 1.29 is 18.3 Å². The molecule has 1 N–H and O–H groups in total. The van der Waals surface area contributed by atoms with E-state index in [4.69, 9.17) is 4.74 Å². The Morgan fingerprint density at radius 2 is 1.72 bits per heavy atom. The number of hydrogen-bond acceptors (Lipinski definition) is 4. The Morgan fingerprint density at radius 3 is 2.36 bits per heavy atom. The molecule has 1 fully saturated rings. The van der Waals surface area contributed by atoms with Gasteiger partial charge in [-0.1, -0.05) is 48.0 Å². The minimum Gasteiger partial charge on any atom is -0.395 e. The molecule has 25 heavy (non-hydrogen) atoms. The Hall–Kier alpha value is -1.73. The fraction of sp³-hybridized carbons (Fsp3) is 0.368. The Morgan fingerprint density at radius 1 is 1.04 bits per heavy atom. The van der Waals surface area contributed by atoms with Crippen LogP contribution >= 0.6 is 0 Å². The van der Waals surface area contributed by atoms with E-state index >= 15 is 0 Å². The molecule has 6 heteroatoms. The summed E-state index contributed by atoms with van der Waals surface area (Å²) < 4.78 is 32.5. The molecule has 0 bridgehead atoms. The first kappa shape index (κ1) is 18.1. The van der Waals surface area contributed by atoms with E-state index in [2.05, 4.69) is 0 Å². The second kappa shape index (κ2) is 7.66. The lowest BCUT2D eigenvalue weighted by Crippen LogP contribution is -2.17. The fourth-order valence-corrected chi connectivity index (χ4v) is 4.82. The summed E-state index contributed by atoms with van der Waals surface area (Å²) in [6.45, 7) is 2.70. The van der Waals surface area contributed by atoms with Gasteiger partial charge in [0.15, 0.2) is 0 Å². The molecule has 3 atom stereocenters. The normalized spacial score (nSPS) is 22.7. The maximum absolute atomic E-state index is 12.7. The Kier molecular flexibility index (Phi) is 5.54. The topological polar surface area (TPSA) is 66.6 Å². The first-order chi connectivity index (χ1) is 12.0. The zero-order chi connectivity index (χ0) is 17.9. The number of nitrogens with zero attached hydrogens (tertiary/aromatic N) is 1. The second-order valence-corrected chi connectivity index (χ2v) is 8.14.